The number of ether oxygens (including phenoxy) is 1. The molecule has 0 radical (unpaired) electrons. The zero-order valence-electron chi connectivity index (χ0n) is 12.3. The summed E-state index contributed by atoms with van der Waals surface area (Å²) in [5.74, 6) is 0.881. The number of aryl methyl sites for hydroxylation is 2. The Bertz CT molecular complexity index is 999. The molecule has 4 aromatic rings. The Kier molecular flexibility index (Phi) is 2.45. The van der Waals surface area contributed by atoms with Gasteiger partial charge in [0.05, 0.1) is 23.5 Å². The van der Waals surface area contributed by atoms with Crippen LogP contribution in [0.3, 0.4) is 0 Å². The van der Waals surface area contributed by atoms with Gasteiger partial charge in [0.25, 0.3) is 0 Å². The quantitative estimate of drug-likeness (QED) is 0.556. The van der Waals surface area contributed by atoms with Crippen LogP contribution in [-0.2, 0) is 0 Å². The summed E-state index contributed by atoms with van der Waals surface area (Å²) in [6.45, 7) is 4.24. The largest absolute Gasteiger partial charge is 0.496 e. The molecule has 0 saturated carbocycles. The van der Waals surface area contributed by atoms with Crippen LogP contribution in [0.2, 0.25) is 0 Å². The molecule has 21 heavy (non-hydrogen) atoms. The molecule has 0 fully saturated rings. The van der Waals surface area contributed by atoms with Gasteiger partial charge in [-0.1, -0.05) is 6.07 Å². The van der Waals surface area contributed by atoms with Crippen molar-refractivity contribution in [3.63, 3.8) is 0 Å². The van der Waals surface area contributed by atoms with E-state index in [1.165, 1.54) is 22.0 Å². The molecular formula is C18H16N2O. The Morgan fingerprint density at radius 3 is 2.71 bits per heavy atom. The van der Waals surface area contributed by atoms with E-state index in [1.54, 1.807) is 7.11 Å². The Morgan fingerprint density at radius 2 is 1.90 bits per heavy atom. The van der Waals surface area contributed by atoms with Gasteiger partial charge in [-0.05, 0) is 49.1 Å². The number of H-pyrrole nitrogens is 1. The van der Waals surface area contributed by atoms with Crippen LogP contribution in [0.5, 0.6) is 5.75 Å². The van der Waals surface area contributed by atoms with E-state index < -0.39 is 0 Å². The molecule has 3 nitrogen and oxygen atoms in total. The molecule has 0 aliphatic rings. The summed E-state index contributed by atoms with van der Waals surface area (Å²) in [7, 11) is 1.71. The number of rotatable bonds is 1. The number of pyridine rings is 1. The fourth-order valence-electron chi connectivity index (χ4n) is 3.18. The second kappa shape index (κ2) is 4.22. The van der Waals surface area contributed by atoms with Crippen molar-refractivity contribution >= 4 is 32.6 Å². The highest BCUT2D eigenvalue weighted by atomic mass is 16.5. The summed E-state index contributed by atoms with van der Waals surface area (Å²) in [5.41, 5.74) is 4.44. The Hall–Kier alpha value is -2.55. The van der Waals surface area contributed by atoms with Gasteiger partial charge in [0.15, 0.2) is 0 Å². The van der Waals surface area contributed by atoms with Gasteiger partial charge in [0.2, 0.25) is 0 Å². The van der Waals surface area contributed by atoms with Crippen molar-refractivity contribution in [1.29, 1.82) is 0 Å². The van der Waals surface area contributed by atoms with Crippen molar-refractivity contribution in [3.05, 3.63) is 47.8 Å². The summed E-state index contributed by atoms with van der Waals surface area (Å²) in [6.07, 6.45) is 1.99. The average Bonchev–Trinajstić information content (AvgIpc) is 2.88. The Morgan fingerprint density at radius 1 is 1.05 bits per heavy atom. The van der Waals surface area contributed by atoms with Crippen molar-refractivity contribution in [2.45, 2.75) is 13.8 Å². The highest BCUT2D eigenvalue weighted by Crippen LogP contribution is 2.37. The molecule has 0 aliphatic heterocycles. The average molecular weight is 276 g/mol. The zero-order chi connectivity index (χ0) is 14.6. The van der Waals surface area contributed by atoms with Crippen LogP contribution in [0.4, 0.5) is 0 Å². The second-order valence-corrected chi connectivity index (χ2v) is 5.43. The zero-order valence-corrected chi connectivity index (χ0v) is 12.3. The first kappa shape index (κ1) is 12.2. The van der Waals surface area contributed by atoms with Crippen molar-refractivity contribution in [1.82, 2.24) is 9.97 Å². The van der Waals surface area contributed by atoms with E-state index in [0.29, 0.717) is 0 Å². The van der Waals surface area contributed by atoms with Crippen LogP contribution in [-0.4, -0.2) is 17.1 Å². The summed E-state index contributed by atoms with van der Waals surface area (Å²) < 4.78 is 5.53. The fraction of sp³-hybridized carbons (Fsp3) is 0.167. The standard InChI is InChI=1S/C18H16N2O/c1-10-12-7-8-19-11(2)13(12)9-14-17-15(20-18(10)14)5-4-6-16(17)21-3/h4-9,19H,1-3H3. The molecule has 0 amide bonds. The molecule has 0 atom stereocenters. The van der Waals surface area contributed by atoms with Gasteiger partial charge in [0, 0.05) is 22.7 Å². The molecule has 2 aromatic carbocycles. The number of fused-ring (bicyclic) bond motifs is 4. The van der Waals surface area contributed by atoms with E-state index in [1.807, 2.05) is 24.4 Å². The van der Waals surface area contributed by atoms with E-state index in [0.717, 1.165) is 27.6 Å². The molecule has 2 aromatic heterocycles. The van der Waals surface area contributed by atoms with Crippen LogP contribution in [0.15, 0.2) is 36.5 Å². The summed E-state index contributed by atoms with van der Waals surface area (Å²) in [4.78, 5) is 8.10. The summed E-state index contributed by atoms with van der Waals surface area (Å²) >= 11 is 0. The fourth-order valence-corrected chi connectivity index (χ4v) is 3.18. The van der Waals surface area contributed by atoms with Gasteiger partial charge < -0.3 is 9.72 Å². The minimum atomic E-state index is 0.881. The topological polar surface area (TPSA) is 37.9 Å². The first-order valence-corrected chi connectivity index (χ1v) is 7.04. The predicted molar refractivity (Wildman–Crippen MR) is 87.1 cm³/mol. The number of nitrogens with one attached hydrogen (secondary N) is 1. The minimum Gasteiger partial charge on any atom is -0.496 e. The number of aromatic amines is 1. The van der Waals surface area contributed by atoms with Crippen LogP contribution in [0.25, 0.3) is 32.6 Å². The minimum absolute atomic E-state index is 0.881. The molecule has 0 bridgehead atoms. The Labute approximate surface area is 122 Å². The van der Waals surface area contributed by atoms with Crippen molar-refractivity contribution < 1.29 is 4.74 Å². The van der Waals surface area contributed by atoms with Crippen LogP contribution in [0, 0.1) is 13.8 Å². The van der Waals surface area contributed by atoms with E-state index in [2.05, 4.69) is 31.0 Å². The van der Waals surface area contributed by atoms with Gasteiger partial charge >= 0.3 is 0 Å². The first-order valence-electron chi connectivity index (χ1n) is 7.04. The maximum atomic E-state index is 5.53. The van der Waals surface area contributed by atoms with Gasteiger partial charge in [-0.2, -0.15) is 0 Å². The number of hydrogen-bond donors (Lipinski definition) is 1. The number of methoxy groups -OCH3 is 1. The van der Waals surface area contributed by atoms with Gasteiger partial charge in [-0.25, -0.2) is 4.98 Å². The molecule has 4 rings (SSSR count). The maximum Gasteiger partial charge on any atom is 0.128 e. The lowest BCUT2D eigenvalue weighted by Gasteiger charge is -2.07. The molecule has 1 N–H and O–H groups in total. The van der Waals surface area contributed by atoms with E-state index in [4.69, 9.17) is 9.72 Å². The SMILES string of the molecule is COc1cccc2nc3c(C)c4cc[nH]c(C)c4cc3c12. The molecule has 0 saturated heterocycles. The van der Waals surface area contributed by atoms with Gasteiger partial charge in [-0.3, -0.25) is 0 Å². The highest BCUT2D eigenvalue weighted by molar-refractivity contribution is 6.16. The van der Waals surface area contributed by atoms with E-state index in [9.17, 15) is 0 Å². The third-order valence-electron chi connectivity index (χ3n) is 4.27. The Balaban J connectivity index is 2.31. The molecular weight excluding hydrogens is 260 g/mol. The number of aromatic nitrogens is 2. The monoisotopic (exact) mass is 276 g/mol. The van der Waals surface area contributed by atoms with Crippen LogP contribution < -0.4 is 4.74 Å². The summed E-state index contributed by atoms with van der Waals surface area (Å²) in [6, 6.07) is 10.4. The first-order chi connectivity index (χ1) is 10.2. The number of benzene rings is 2. The lowest BCUT2D eigenvalue weighted by Crippen LogP contribution is -1.87. The highest BCUT2D eigenvalue weighted by Gasteiger charge is 2.14. The van der Waals surface area contributed by atoms with E-state index in [-0.39, 0.29) is 0 Å². The molecule has 3 heteroatoms. The number of hydrogen-bond acceptors (Lipinski definition) is 2. The van der Waals surface area contributed by atoms with Crippen molar-refractivity contribution in [3.8, 4) is 5.75 Å². The third kappa shape index (κ3) is 1.57. The van der Waals surface area contributed by atoms with Gasteiger partial charge in [-0.15, -0.1) is 0 Å². The molecule has 2 heterocycles. The predicted octanol–water partition coefficient (Wildman–Crippen LogP) is 4.49. The smallest absolute Gasteiger partial charge is 0.128 e. The molecule has 0 spiro atoms. The number of nitrogens with zero attached hydrogens (tertiary/aromatic N) is 1. The molecule has 0 aliphatic carbocycles. The van der Waals surface area contributed by atoms with Crippen molar-refractivity contribution in [2.75, 3.05) is 7.11 Å². The van der Waals surface area contributed by atoms with Crippen LogP contribution in [0.1, 0.15) is 11.3 Å². The third-order valence-corrected chi connectivity index (χ3v) is 4.27. The van der Waals surface area contributed by atoms with Gasteiger partial charge in [0.1, 0.15) is 5.75 Å². The molecule has 104 valence electrons. The second-order valence-electron chi connectivity index (χ2n) is 5.43. The lowest BCUT2D eigenvalue weighted by molar-refractivity contribution is 0.420. The van der Waals surface area contributed by atoms with Crippen molar-refractivity contribution in [2.24, 2.45) is 0 Å². The normalized spacial score (nSPS) is 11.6. The van der Waals surface area contributed by atoms with E-state index >= 15 is 0 Å². The summed E-state index contributed by atoms with van der Waals surface area (Å²) in [5, 5.41) is 4.75. The lowest BCUT2D eigenvalue weighted by atomic mass is 10.0. The van der Waals surface area contributed by atoms with Crippen LogP contribution >= 0.6 is 0 Å². The molecule has 0 unspecified atom stereocenters. The maximum absolute atomic E-state index is 5.53.